The Morgan fingerprint density at radius 1 is 1.03 bits per heavy atom. The molecule has 1 amide bonds. The Balaban J connectivity index is 1.60. The second-order valence-corrected chi connectivity index (χ2v) is 8.28. The van der Waals surface area contributed by atoms with E-state index in [1.54, 1.807) is 24.8 Å². The molecule has 0 aliphatic carbocycles. The molecule has 3 rings (SSSR count). The minimum atomic E-state index is -0.0706. The number of Topliss-reactive ketones (excluding diaryl/α,β-unsaturated/α-hetero) is 1. The Hall–Kier alpha value is -2.47. The third-order valence-corrected chi connectivity index (χ3v) is 5.95. The first-order valence-corrected chi connectivity index (χ1v) is 10.9. The van der Waals surface area contributed by atoms with Crippen LogP contribution in [0.5, 0.6) is 11.5 Å². The van der Waals surface area contributed by atoms with Crippen LogP contribution in [0, 0.1) is 20.8 Å². The van der Waals surface area contributed by atoms with E-state index in [2.05, 4.69) is 18.3 Å². The van der Waals surface area contributed by atoms with Crippen LogP contribution in [-0.4, -0.2) is 30.7 Å². The zero-order chi connectivity index (χ0) is 21.0. The van der Waals surface area contributed by atoms with Gasteiger partial charge in [0.2, 0.25) is 5.91 Å². The number of hydrogen-bond acceptors (Lipinski definition) is 5. The van der Waals surface area contributed by atoms with Gasteiger partial charge < -0.3 is 14.8 Å². The van der Waals surface area contributed by atoms with Crippen LogP contribution in [0.3, 0.4) is 0 Å². The van der Waals surface area contributed by atoms with Gasteiger partial charge in [0, 0.05) is 29.5 Å². The summed E-state index contributed by atoms with van der Waals surface area (Å²) in [5.74, 6) is 2.40. The minimum Gasteiger partial charge on any atom is -0.490 e. The second kappa shape index (κ2) is 9.35. The maximum Gasteiger partial charge on any atom is 0.234 e. The number of fused-ring (bicyclic) bond motifs is 1. The van der Waals surface area contributed by atoms with E-state index >= 15 is 0 Å². The lowest BCUT2D eigenvalue weighted by atomic mass is 9.92. The summed E-state index contributed by atoms with van der Waals surface area (Å²) < 4.78 is 11.3. The van der Waals surface area contributed by atoms with Crippen molar-refractivity contribution in [1.82, 2.24) is 0 Å². The number of amides is 1. The van der Waals surface area contributed by atoms with Crippen molar-refractivity contribution in [3.8, 4) is 11.5 Å². The van der Waals surface area contributed by atoms with E-state index < -0.39 is 0 Å². The molecule has 0 fully saturated rings. The van der Waals surface area contributed by atoms with Crippen LogP contribution in [0.4, 0.5) is 5.69 Å². The first kappa shape index (κ1) is 21.2. The minimum absolute atomic E-state index is 0.0706. The van der Waals surface area contributed by atoms with Gasteiger partial charge in [0.1, 0.15) is 0 Å². The Morgan fingerprint density at radius 2 is 1.76 bits per heavy atom. The van der Waals surface area contributed by atoms with Crippen LogP contribution in [0.2, 0.25) is 0 Å². The lowest BCUT2D eigenvalue weighted by Gasteiger charge is -2.15. The molecule has 0 unspecified atom stereocenters. The van der Waals surface area contributed by atoms with Crippen LogP contribution in [0.25, 0.3) is 0 Å². The molecule has 6 heteroatoms. The first-order valence-electron chi connectivity index (χ1n) is 9.74. The second-order valence-electron chi connectivity index (χ2n) is 7.30. The molecule has 2 aromatic rings. The molecule has 0 spiro atoms. The van der Waals surface area contributed by atoms with Crippen molar-refractivity contribution in [3.05, 3.63) is 52.1 Å². The van der Waals surface area contributed by atoms with Crippen LogP contribution >= 0.6 is 11.8 Å². The molecule has 0 bridgehead atoms. The molecule has 0 saturated heterocycles. The Kier molecular flexibility index (Phi) is 6.85. The third-order valence-electron chi connectivity index (χ3n) is 4.99. The molecule has 1 heterocycles. The van der Waals surface area contributed by atoms with Gasteiger partial charge in [-0.3, -0.25) is 9.59 Å². The predicted molar refractivity (Wildman–Crippen MR) is 117 cm³/mol. The molecule has 2 aromatic carbocycles. The van der Waals surface area contributed by atoms with Gasteiger partial charge in [-0.25, -0.2) is 0 Å². The summed E-state index contributed by atoms with van der Waals surface area (Å²) in [4.78, 5) is 24.3. The number of ketones is 1. The van der Waals surface area contributed by atoms with Crippen LogP contribution in [0.1, 0.15) is 46.0 Å². The maximum atomic E-state index is 12.4. The van der Waals surface area contributed by atoms with E-state index in [-0.39, 0.29) is 11.7 Å². The van der Waals surface area contributed by atoms with Crippen molar-refractivity contribution in [3.63, 3.8) is 0 Å². The van der Waals surface area contributed by atoms with Gasteiger partial charge in [0.25, 0.3) is 0 Å². The summed E-state index contributed by atoms with van der Waals surface area (Å²) in [6.07, 6.45) is 0.843. The van der Waals surface area contributed by atoms with E-state index in [1.165, 1.54) is 0 Å². The van der Waals surface area contributed by atoms with Gasteiger partial charge in [0.15, 0.2) is 17.3 Å². The van der Waals surface area contributed by atoms with Gasteiger partial charge >= 0.3 is 0 Å². The van der Waals surface area contributed by atoms with Gasteiger partial charge in [0.05, 0.1) is 19.0 Å². The molecule has 154 valence electrons. The van der Waals surface area contributed by atoms with E-state index in [0.29, 0.717) is 41.9 Å². The van der Waals surface area contributed by atoms with Crippen molar-refractivity contribution >= 4 is 29.1 Å². The highest BCUT2D eigenvalue weighted by Gasteiger charge is 2.15. The van der Waals surface area contributed by atoms with Crippen LogP contribution < -0.4 is 14.8 Å². The smallest absolute Gasteiger partial charge is 0.234 e. The number of carbonyl (C=O) groups is 2. The SMILES string of the molecule is CC(=O)c1c(C)cc(C)c(CSCC(=O)Nc2ccc3c(c2)OCCCO3)c1C. The molecule has 1 N–H and O–H groups in total. The molecular formula is C23H27NO4S. The van der Waals surface area contributed by atoms with E-state index in [0.717, 1.165) is 34.2 Å². The molecule has 0 aromatic heterocycles. The van der Waals surface area contributed by atoms with Crippen molar-refractivity contribution in [2.45, 2.75) is 39.9 Å². The summed E-state index contributed by atoms with van der Waals surface area (Å²) >= 11 is 1.54. The topological polar surface area (TPSA) is 64.6 Å². The third kappa shape index (κ3) is 5.12. The standard InChI is InChI=1S/C23H27NO4S/c1-14-10-15(2)23(17(4)25)16(3)19(14)12-29-13-22(26)24-18-6-7-20-21(11-18)28-9-5-8-27-20/h6-7,10-11H,5,8-9,12-13H2,1-4H3,(H,24,26). The highest BCUT2D eigenvalue weighted by atomic mass is 32.2. The van der Waals surface area contributed by atoms with E-state index in [4.69, 9.17) is 9.47 Å². The number of hydrogen-bond donors (Lipinski definition) is 1. The quantitative estimate of drug-likeness (QED) is 0.686. The highest BCUT2D eigenvalue weighted by Crippen LogP contribution is 2.32. The Morgan fingerprint density at radius 3 is 2.48 bits per heavy atom. The highest BCUT2D eigenvalue weighted by molar-refractivity contribution is 7.99. The zero-order valence-corrected chi connectivity index (χ0v) is 18.2. The Labute approximate surface area is 176 Å². The largest absolute Gasteiger partial charge is 0.490 e. The average Bonchev–Trinajstić information content (AvgIpc) is 2.88. The molecular weight excluding hydrogens is 386 g/mol. The fourth-order valence-electron chi connectivity index (χ4n) is 3.67. The van der Waals surface area contributed by atoms with Crippen molar-refractivity contribution in [1.29, 1.82) is 0 Å². The number of thioether (sulfide) groups is 1. The average molecular weight is 414 g/mol. The number of ether oxygens (including phenoxy) is 2. The van der Waals surface area contributed by atoms with Gasteiger partial charge in [-0.2, -0.15) is 0 Å². The fourth-order valence-corrected chi connectivity index (χ4v) is 4.68. The summed E-state index contributed by atoms with van der Waals surface area (Å²) in [6, 6.07) is 7.50. The molecule has 5 nitrogen and oxygen atoms in total. The molecule has 0 saturated carbocycles. The fraction of sp³-hybridized carbons (Fsp3) is 0.391. The van der Waals surface area contributed by atoms with Crippen molar-refractivity contribution in [2.24, 2.45) is 0 Å². The molecule has 0 radical (unpaired) electrons. The lowest BCUT2D eigenvalue weighted by molar-refractivity contribution is -0.113. The van der Waals surface area contributed by atoms with Crippen molar-refractivity contribution in [2.75, 3.05) is 24.3 Å². The number of nitrogens with one attached hydrogen (secondary N) is 1. The monoisotopic (exact) mass is 413 g/mol. The summed E-state index contributed by atoms with van der Waals surface area (Å²) in [7, 11) is 0. The summed E-state index contributed by atoms with van der Waals surface area (Å²) in [5, 5.41) is 2.92. The first-order chi connectivity index (χ1) is 13.9. The van der Waals surface area contributed by atoms with Crippen molar-refractivity contribution < 1.29 is 19.1 Å². The van der Waals surface area contributed by atoms with Gasteiger partial charge in [-0.1, -0.05) is 6.07 Å². The summed E-state index contributed by atoms with van der Waals surface area (Å²) in [5.41, 5.74) is 5.80. The van der Waals surface area contributed by atoms with Crippen LogP contribution in [-0.2, 0) is 10.5 Å². The van der Waals surface area contributed by atoms with Crippen LogP contribution in [0.15, 0.2) is 24.3 Å². The number of benzene rings is 2. The molecule has 29 heavy (non-hydrogen) atoms. The van der Waals surface area contributed by atoms with Gasteiger partial charge in [-0.15, -0.1) is 11.8 Å². The van der Waals surface area contributed by atoms with E-state index in [1.807, 2.05) is 26.0 Å². The number of rotatable bonds is 6. The van der Waals surface area contributed by atoms with E-state index in [9.17, 15) is 9.59 Å². The number of aryl methyl sites for hydroxylation is 2. The summed E-state index contributed by atoms with van der Waals surface area (Å²) in [6.45, 7) is 8.86. The zero-order valence-electron chi connectivity index (χ0n) is 17.4. The Bertz CT molecular complexity index is 939. The molecule has 1 aliphatic heterocycles. The number of carbonyl (C=O) groups excluding carboxylic acids is 2. The number of anilines is 1. The van der Waals surface area contributed by atoms with Gasteiger partial charge in [-0.05, 0) is 62.1 Å². The molecule has 0 atom stereocenters. The lowest BCUT2D eigenvalue weighted by Crippen LogP contribution is -2.14. The maximum absolute atomic E-state index is 12.4. The normalized spacial score (nSPS) is 13.0. The molecule has 1 aliphatic rings. The predicted octanol–water partition coefficient (Wildman–Crippen LogP) is 4.85.